The van der Waals surface area contributed by atoms with Crippen LogP contribution < -0.4 is 0 Å². The van der Waals surface area contributed by atoms with Crippen molar-refractivity contribution in [3.63, 3.8) is 0 Å². The summed E-state index contributed by atoms with van der Waals surface area (Å²) in [6, 6.07) is 5.23. The average molecular weight is 287 g/mol. The largest absolute Gasteiger partial charge is 0.481 e. The molecule has 1 saturated heterocycles. The zero-order chi connectivity index (χ0) is 15.0. The molecule has 110 valence electrons. The van der Waals surface area contributed by atoms with E-state index in [1.165, 1.54) is 0 Å². The van der Waals surface area contributed by atoms with Gasteiger partial charge in [0.05, 0.1) is 23.2 Å². The summed E-state index contributed by atoms with van der Waals surface area (Å²) in [4.78, 5) is 25.7. The van der Waals surface area contributed by atoms with Crippen molar-refractivity contribution in [2.75, 3.05) is 6.54 Å². The first-order valence-electron chi connectivity index (χ1n) is 7.05. The summed E-state index contributed by atoms with van der Waals surface area (Å²) in [5.41, 5.74) is 1.26. The van der Waals surface area contributed by atoms with Crippen LogP contribution in [0.4, 0.5) is 0 Å². The third-order valence-electron chi connectivity index (χ3n) is 4.22. The van der Waals surface area contributed by atoms with Gasteiger partial charge in [-0.3, -0.25) is 9.59 Å². The third kappa shape index (κ3) is 2.26. The topological polar surface area (TPSA) is 74.9 Å². The van der Waals surface area contributed by atoms with Crippen molar-refractivity contribution >= 4 is 17.4 Å². The minimum atomic E-state index is -0.833. The Balaban J connectivity index is 1.92. The van der Waals surface area contributed by atoms with Gasteiger partial charge in [-0.1, -0.05) is 6.07 Å². The minimum absolute atomic E-state index is 0.144. The molecule has 0 aromatic carbocycles. The highest BCUT2D eigenvalue weighted by Crippen LogP contribution is 2.26. The van der Waals surface area contributed by atoms with Crippen LogP contribution in [0.5, 0.6) is 0 Å². The van der Waals surface area contributed by atoms with Crippen LogP contribution in [0.1, 0.15) is 30.1 Å². The molecule has 1 N–H and O–H groups in total. The molecule has 6 nitrogen and oxygen atoms in total. The number of likely N-dealkylation sites (tertiary alicyclic amines) is 1. The van der Waals surface area contributed by atoms with Gasteiger partial charge in [0.25, 0.3) is 5.91 Å². The summed E-state index contributed by atoms with van der Waals surface area (Å²) in [6.45, 7) is 2.40. The van der Waals surface area contributed by atoms with Gasteiger partial charge in [0.2, 0.25) is 0 Å². The normalized spacial score (nSPS) is 22.4. The lowest BCUT2D eigenvalue weighted by Gasteiger charge is -2.37. The van der Waals surface area contributed by atoms with E-state index in [4.69, 9.17) is 0 Å². The lowest BCUT2D eigenvalue weighted by Crippen LogP contribution is -2.49. The fourth-order valence-corrected chi connectivity index (χ4v) is 3.01. The molecule has 1 aliphatic rings. The van der Waals surface area contributed by atoms with Gasteiger partial charge in [-0.15, -0.1) is 0 Å². The third-order valence-corrected chi connectivity index (χ3v) is 4.22. The van der Waals surface area contributed by atoms with Crippen molar-refractivity contribution in [1.29, 1.82) is 0 Å². The number of nitrogens with zero attached hydrogens (tertiary/aromatic N) is 3. The van der Waals surface area contributed by atoms with Crippen LogP contribution in [0.2, 0.25) is 0 Å². The highest BCUT2D eigenvalue weighted by Gasteiger charge is 2.36. The second-order valence-electron chi connectivity index (χ2n) is 5.41. The number of amides is 1. The second kappa shape index (κ2) is 5.20. The molecule has 0 bridgehead atoms. The number of carbonyl (C=O) groups excluding carboxylic acids is 1. The van der Waals surface area contributed by atoms with Gasteiger partial charge >= 0.3 is 5.97 Å². The van der Waals surface area contributed by atoms with Crippen molar-refractivity contribution in [3.05, 3.63) is 36.2 Å². The molecule has 1 fully saturated rings. The first-order chi connectivity index (χ1) is 10.1. The lowest BCUT2D eigenvalue weighted by molar-refractivity contribution is -0.144. The van der Waals surface area contributed by atoms with Crippen molar-refractivity contribution in [1.82, 2.24) is 14.5 Å². The standard InChI is InChI=1S/C15H17N3O3/c1-10-11(15(20)21)5-4-7-17(10)14(19)12-9-16-18-8-3-2-6-13(12)18/h2-3,6,8-11H,4-5,7H2,1H3,(H,20,21)/t10-,11-/m1/s1. The van der Waals surface area contributed by atoms with E-state index in [2.05, 4.69) is 5.10 Å². The Morgan fingerprint density at radius 3 is 2.95 bits per heavy atom. The number of pyridine rings is 1. The van der Waals surface area contributed by atoms with Gasteiger partial charge in [0.1, 0.15) is 0 Å². The van der Waals surface area contributed by atoms with Gasteiger partial charge in [-0.25, -0.2) is 4.52 Å². The Labute approximate surface area is 122 Å². The molecule has 2 atom stereocenters. The number of hydrogen-bond donors (Lipinski definition) is 1. The molecule has 1 amide bonds. The van der Waals surface area contributed by atoms with Crippen LogP contribution in [-0.4, -0.2) is 44.1 Å². The average Bonchev–Trinajstić information content (AvgIpc) is 2.90. The molecule has 0 spiro atoms. The highest BCUT2D eigenvalue weighted by atomic mass is 16.4. The summed E-state index contributed by atoms with van der Waals surface area (Å²) < 4.78 is 1.65. The first kappa shape index (κ1) is 13.6. The fourth-order valence-electron chi connectivity index (χ4n) is 3.01. The van der Waals surface area contributed by atoms with Crippen LogP contribution in [0, 0.1) is 5.92 Å². The van der Waals surface area contributed by atoms with Crippen LogP contribution in [-0.2, 0) is 4.79 Å². The number of carboxylic acid groups (broad SMARTS) is 1. The van der Waals surface area contributed by atoms with Crippen molar-refractivity contribution in [3.8, 4) is 0 Å². The molecular formula is C15H17N3O3. The smallest absolute Gasteiger partial charge is 0.308 e. The Morgan fingerprint density at radius 2 is 2.19 bits per heavy atom. The Hall–Kier alpha value is -2.37. The van der Waals surface area contributed by atoms with Crippen LogP contribution in [0.25, 0.3) is 5.52 Å². The van der Waals surface area contributed by atoms with Gasteiger partial charge in [-0.2, -0.15) is 5.10 Å². The minimum Gasteiger partial charge on any atom is -0.481 e. The monoisotopic (exact) mass is 287 g/mol. The van der Waals surface area contributed by atoms with Gasteiger partial charge < -0.3 is 10.0 Å². The molecular weight excluding hydrogens is 270 g/mol. The summed E-state index contributed by atoms with van der Waals surface area (Å²) >= 11 is 0. The zero-order valence-electron chi connectivity index (χ0n) is 11.8. The molecule has 0 unspecified atom stereocenters. The maximum absolute atomic E-state index is 12.7. The summed E-state index contributed by atoms with van der Waals surface area (Å²) in [5.74, 6) is -1.47. The quantitative estimate of drug-likeness (QED) is 0.911. The second-order valence-corrected chi connectivity index (χ2v) is 5.41. The van der Waals surface area contributed by atoms with Gasteiger partial charge in [0, 0.05) is 18.8 Å². The van der Waals surface area contributed by atoms with E-state index in [9.17, 15) is 14.7 Å². The lowest BCUT2D eigenvalue weighted by atomic mass is 9.90. The van der Waals surface area contributed by atoms with E-state index in [1.54, 1.807) is 21.8 Å². The number of carbonyl (C=O) groups is 2. The molecule has 21 heavy (non-hydrogen) atoms. The summed E-state index contributed by atoms with van der Waals surface area (Å²) in [5, 5.41) is 13.4. The molecule has 2 aromatic heterocycles. The predicted molar refractivity (Wildman–Crippen MR) is 76.1 cm³/mol. The molecule has 1 aliphatic heterocycles. The maximum Gasteiger partial charge on any atom is 0.308 e. The number of aromatic nitrogens is 2. The van der Waals surface area contributed by atoms with Gasteiger partial charge in [-0.05, 0) is 31.9 Å². The fraction of sp³-hybridized carbons (Fsp3) is 0.400. The van der Waals surface area contributed by atoms with Crippen molar-refractivity contribution < 1.29 is 14.7 Å². The van der Waals surface area contributed by atoms with E-state index in [0.717, 1.165) is 5.52 Å². The first-order valence-corrected chi connectivity index (χ1v) is 7.05. The molecule has 3 rings (SSSR count). The highest BCUT2D eigenvalue weighted by molar-refractivity contribution is 6.01. The molecule has 0 saturated carbocycles. The number of fused-ring (bicyclic) bond motifs is 1. The van der Waals surface area contributed by atoms with Crippen molar-refractivity contribution in [2.24, 2.45) is 5.92 Å². The Morgan fingerprint density at radius 1 is 1.38 bits per heavy atom. The summed E-state index contributed by atoms with van der Waals surface area (Å²) in [6.07, 6.45) is 4.67. The number of hydrogen-bond acceptors (Lipinski definition) is 3. The number of piperidine rings is 1. The van der Waals surface area contributed by atoms with E-state index < -0.39 is 11.9 Å². The van der Waals surface area contributed by atoms with E-state index in [0.29, 0.717) is 24.9 Å². The van der Waals surface area contributed by atoms with E-state index >= 15 is 0 Å². The van der Waals surface area contributed by atoms with Crippen LogP contribution >= 0.6 is 0 Å². The summed E-state index contributed by atoms with van der Waals surface area (Å²) in [7, 11) is 0. The SMILES string of the molecule is C[C@@H]1[C@H](C(=O)O)CCCN1C(=O)c1cnn2ccccc12. The molecule has 6 heteroatoms. The van der Waals surface area contributed by atoms with Gasteiger partial charge in [0.15, 0.2) is 0 Å². The Bertz CT molecular complexity index is 694. The molecule has 3 heterocycles. The van der Waals surface area contributed by atoms with Crippen LogP contribution in [0.3, 0.4) is 0 Å². The maximum atomic E-state index is 12.7. The number of carboxylic acids is 1. The zero-order valence-corrected chi connectivity index (χ0v) is 11.8. The number of aliphatic carboxylic acids is 1. The molecule has 2 aromatic rings. The van der Waals surface area contributed by atoms with Crippen molar-refractivity contribution in [2.45, 2.75) is 25.8 Å². The predicted octanol–water partition coefficient (Wildman–Crippen LogP) is 1.66. The molecule has 0 radical (unpaired) electrons. The molecule has 0 aliphatic carbocycles. The van der Waals surface area contributed by atoms with Crippen LogP contribution in [0.15, 0.2) is 30.6 Å². The van der Waals surface area contributed by atoms with E-state index in [1.807, 2.05) is 25.1 Å². The Kier molecular flexibility index (Phi) is 3.37. The number of rotatable bonds is 2. The van der Waals surface area contributed by atoms with E-state index in [-0.39, 0.29) is 11.9 Å².